The van der Waals surface area contributed by atoms with Crippen molar-refractivity contribution in [1.82, 2.24) is 41.1 Å². The first-order chi connectivity index (χ1) is 18.7. The van der Waals surface area contributed by atoms with Gasteiger partial charge in [-0.15, -0.1) is 10.2 Å². The number of aliphatic imine (C=N–C) groups is 1. The molecule has 3 N–H and O–H groups in total. The number of carbonyl (C=O) groups is 4. The van der Waals surface area contributed by atoms with Crippen molar-refractivity contribution in [3.8, 4) is 0 Å². The number of aromatic nitrogens is 4. The molecule has 0 saturated carbocycles. The Labute approximate surface area is 227 Å². The van der Waals surface area contributed by atoms with Crippen molar-refractivity contribution in [3.63, 3.8) is 0 Å². The van der Waals surface area contributed by atoms with Gasteiger partial charge in [0.2, 0.25) is 17.7 Å². The molecule has 1 aliphatic carbocycles. The fourth-order valence-electron chi connectivity index (χ4n) is 5.30. The van der Waals surface area contributed by atoms with Gasteiger partial charge < -0.3 is 15.5 Å². The molecular weight excluding hydrogens is 502 g/mol. The summed E-state index contributed by atoms with van der Waals surface area (Å²) in [7, 11) is 3.55. The summed E-state index contributed by atoms with van der Waals surface area (Å²) < 4.78 is 0. The highest BCUT2D eigenvalue weighted by molar-refractivity contribution is 6.01. The molecule has 4 unspecified atom stereocenters. The highest BCUT2D eigenvalue weighted by atomic mass is 16.2. The number of amides is 4. The Morgan fingerprint density at radius 3 is 2.79 bits per heavy atom. The first-order valence-corrected chi connectivity index (χ1v) is 13.5. The second-order valence-electron chi connectivity index (χ2n) is 10.6. The van der Waals surface area contributed by atoms with E-state index in [2.05, 4.69) is 42.3 Å². The molecule has 0 aromatic carbocycles. The normalized spacial score (nSPS) is 22.4. The molecule has 210 valence electrons. The number of rotatable bonds is 10. The second-order valence-corrected chi connectivity index (χ2v) is 10.6. The Bertz CT molecular complexity index is 1190. The van der Waals surface area contributed by atoms with E-state index in [1.807, 2.05) is 13.8 Å². The molecule has 39 heavy (non-hydrogen) atoms. The molecule has 3 aliphatic rings. The van der Waals surface area contributed by atoms with Crippen LogP contribution in [0.15, 0.2) is 27.9 Å². The Kier molecular flexibility index (Phi) is 9.00. The molecule has 0 bridgehead atoms. The van der Waals surface area contributed by atoms with Crippen LogP contribution in [-0.2, 0) is 25.7 Å². The van der Waals surface area contributed by atoms with Crippen molar-refractivity contribution in [2.24, 2.45) is 16.8 Å². The third kappa shape index (κ3) is 6.47. The van der Waals surface area contributed by atoms with Gasteiger partial charge in [-0.3, -0.25) is 24.1 Å². The monoisotopic (exact) mass is 539 g/mol. The lowest BCUT2D eigenvalue weighted by Gasteiger charge is -2.29. The van der Waals surface area contributed by atoms with Crippen molar-refractivity contribution >= 4 is 29.8 Å². The summed E-state index contributed by atoms with van der Waals surface area (Å²) in [6, 6.07) is -1.53. The molecule has 1 aromatic rings. The van der Waals surface area contributed by atoms with Gasteiger partial charge in [0.05, 0.1) is 19.0 Å². The zero-order valence-electron chi connectivity index (χ0n) is 22.9. The predicted octanol–water partition coefficient (Wildman–Crippen LogP) is 0.491. The average Bonchev–Trinajstić information content (AvgIpc) is 3.54. The van der Waals surface area contributed by atoms with Crippen LogP contribution in [0.5, 0.6) is 0 Å². The molecular formula is C26H37N9O4. The van der Waals surface area contributed by atoms with Crippen LogP contribution in [0.1, 0.15) is 58.2 Å². The van der Waals surface area contributed by atoms with Crippen LogP contribution in [-0.4, -0.2) is 93.0 Å². The van der Waals surface area contributed by atoms with E-state index >= 15 is 0 Å². The standard InChI is InChI=1S/C26H37N9O4/c1-5-15(2)18(12-27-22(36)14-34(3)4)24(37)29-19-10-9-16-7-6-8-17-11-20(35(23(16)17)26(19)39)25(38)28-13-21-30-32-33-31-21/h8,12,15,18-20H,5-7,9-11,13-14H2,1-4H3,(H,28,38)(H,29,37)(H,30,31,32,33). The van der Waals surface area contributed by atoms with E-state index in [-0.39, 0.29) is 42.6 Å². The lowest BCUT2D eigenvalue weighted by atomic mass is 9.91. The van der Waals surface area contributed by atoms with Gasteiger partial charge in [0.25, 0.3) is 5.91 Å². The number of allylic oxidation sites excluding steroid dienone is 3. The van der Waals surface area contributed by atoms with Crippen LogP contribution in [0.4, 0.5) is 0 Å². The molecule has 1 fully saturated rings. The summed E-state index contributed by atoms with van der Waals surface area (Å²) in [6.07, 6.45) is 7.39. The summed E-state index contributed by atoms with van der Waals surface area (Å²) in [5.74, 6) is -1.72. The molecule has 4 amide bonds. The number of likely N-dealkylation sites (N-methyl/N-ethyl adjacent to an activating group) is 1. The number of tetrazole rings is 1. The Morgan fingerprint density at radius 1 is 1.31 bits per heavy atom. The predicted molar refractivity (Wildman–Crippen MR) is 142 cm³/mol. The Morgan fingerprint density at radius 2 is 2.10 bits per heavy atom. The zero-order valence-corrected chi connectivity index (χ0v) is 22.9. The van der Waals surface area contributed by atoms with Crippen molar-refractivity contribution in [1.29, 1.82) is 0 Å². The van der Waals surface area contributed by atoms with Gasteiger partial charge in [-0.05, 0) is 56.8 Å². The summed E-state index contributed by atoms with van der Waals surface area (Å²) in [6.45, 7) is 4.11. The molecule has 1 aromatic heterocycles. The van der Waals surface area contributed by atoms with Gasteiger partial charge >= 0.3 is 0 Å². The molecule has 13 nitrogen and oxygen atoms in total. The van der Waals surface area contributed by atoms with Crippen LogP contribution >= 0.6 is 0 Å². The Balaban J connectivity index is 1.52. The maximum absolute atomic E-state index is 13.9. The van der Waals surface area contributed by atoms with Gasteiger partial charge in [-0.25, -0.2) is 4.99 Å². The van der Waals surface area contributed by atoms with E-state index in [4.69, 9.17) is 0 Å². The SMILES string of the molecule is CCC(C)C(C=NC(=O)CN(C)C)C(=O)NC1CCC2=C3C(=CCC2)CC(C(=O)NCc2nn[nH]n2)N3C1=O. The number of nitrogens with zero attached hydrogens (tertiary/aromatic N) is 6. The number of H-pyrrole nitrogens is 1. The highest BCUT2D eigenvalue weighted by Gasteiger charge is 2.46. The first kappa shape index (κ1) is 28.3. The number of hydrogen-bond acceptors (Lipinski definition) is 8. The van der Waals surface area contributed by atoms with E-state index < -0.39 is 18.0 Å². The second kappa shape index (κ2) is 12.4. The molecule has 0 spiro atoms. The minimum atomic E-state index is -0.799. The number of nitrogens with one attached hydrogen (secondary N) is 3. The summed E-state index contributed by atoms with van der Waals surface area (Å²) >= 11 is 0. The van der Waals surface area contributed by atoms with Crippen molar-refractivity contribution in [2.45, 2.75) is 71.0 Å². The fraction of sp³-hybridized carbons (Fsp3) is 0.615. The van der Waals surface area contributed by atoms with E-state index in [1.165, 1.54) is 6.21 Å². The van der Waals surface area contributed by atoms with Crippen molar-refractivity contribution < 1.29 is 19.2 Å². The Hall–Kier alpha value is -3.74. The van der Waals surface area contributed by atoms with Gasteiger partial charge in [0.15, 0.2) is 5.82 Å². The maximum Gasteiger partial charge on any atom is 0.259 e. The molecule has 13 heteroatoms. The number of carbonyl (C=O) groups excluding carboxylic acids is 4. The molecule has 3 heterocycles. The smallest absolute Gasteiger partial charge is 0.259 e. The van der Waals surface area contributed by atoms with E-state index in [0.717, 1.165) is 29.7 Å². The van der Waals surface area contributed by atoms with Gasteiger partial charge in [-0.1, -0.05) is 31.6 Å². The lowest BCUT2D eigenvalue weighted by Crippen LogP contribution is -2.53. The first-order valence-electron chi connectivity index (χ1n) is 13.5. The van der Waals surface area contributed by atoms with Crippen LogP contribution in [0.2, 0.25) is 0 Å². The molecule has 4 rings (SSSR count). The van der Waals surface area contributed by atoms with Crippen LogP contribution in [0.3, 0.4) is 0 Å². The molecule has 2 aliphatic heterocycles. The highest BCUT2D eigenvalue weighted by Crippen LogP contribution is 2.43. The summed E-state index contributed by atoms with van der Waals surface area (Å²) in [5, 5.41) is 19.3. The number of aromatic amines is 1. The molecule has 0 radical (unpaired) electrons. The quantitative estimate of drug-likeness (QED) is 0.361. The largest absolute Gasteiger partial charge is 0.347 e. The van der Waals surface area contributed by atoms with E-state index in [0.29, 0.717) is 31.5 Å². The maximum atomic E-state index is 13.9. The van der Waals surface area contributed by atoms with Gasteiger partial charge in [0.1, 0.15) is 12.1 Å². The minimum absolute atomic E-state index is 0.0848. The fourth-order valence-corrected chi connectivity index (χ4v) is 5.30. The average molecular weight is 540 g/mol. The van der Waals surface area contributed by atoms with Gasteiger partial charge in [-0.2, -0.15) is 5.21 Å². The van der Waals surface area contributed by atoms with Crippen molar-refractivity contribution in [2.75, 3.05) is 20.6 Å². The van der Waals surface area contributed by atoms with Crippen LogP contribution in [0.25, 0.3) is 0 Å². The van der Waals surface area contributed by atoms with Crippen LogP contribution in [0, 0.1) is 11.8 Å². The summed E-state index contributed by atoms with van der Waals surface area (Å²) in [4.78, 5) is 60.1. The lowest BCUT2D eigenvalue weighted by molar-refractivity contribution is -0.140. The minimum Gasteiger partial charge on any atom is -0.347 e. The molecule has 1 saturated heterocycles. The van der Waals surface area contributed by atoms with E-state index in [9.17, 15) is 19.2 Å². The third-order valence-corrected chi connectivity index (χ3v) is 7.53. The summed E-state index contributed by atoms with van der Waals surface area (Å²) in [5.41, 5.74) is 2.97. The van der Waals surface area contributed by atoms with Gasteiger partial charge in [0, 0.05) is 18.3 Å². The van der Waals surface area contributed by atoms with Crippen molar-refractivity contribution in [3.05, 3.63) is 28.7 Å². The van der Waals surface area contributed by atoms with Crippen LogP contribution < -0.4 is 10.6 Å². The third-order valence-electron chi connectivity index (χ3n) is 7.53. The molecule has 4 atom stereocenters. The topological polar surface area (TPSA) is 166 Å². The number of hydrogen-bond donors (Lipinski definition) is 3. The van der Waals surface area contributed by atoms with E-state index in [1.54, 1.807) is 23.9 Å². The zero-order chi connectivity index (χ0) is 28.1.